The first-order chi connectivity index (χ1) is 9.38. The van der Waals surface area contributed by atoms with Gasteiger partial charge in [-0.25, -0.2) is 14.2 Å². The molecule has 1 aromatic carbocycles. The van der Waals surface area contributed by atoms with Gasteiger partial charge in [0.25, 0.3) is 5.91 Å². The van der Waals surface area contributed by atoms with Crippen LogP contribution in [0.25, 0.3) is 0 Å². The first kappa shape index (κ1) is 14.6. The second-order valence-corrected chi connectivity index (χ2v) is 5.59. The van der Waals surface area contributed by atoms with E-state index < -0.39 is 17.7 Å². The van der Waals surface area contributed by atoms with Crippen molar-refractivity contribution in [3.8, 4) is 0 Å². The normalized spacial score (nSPS) is 10.3. The SMILES string of the molecule is Cc1cc(Br)c(F)cc1NC(=O)c1nc(C(=O)O)cs1. The third kappa shape index (κ3) is 3.02. The van der Waals surface area contributed by atoms with E-state index in [0.29, 0.717) is 15.7 Å². The number of amides is 1. The maximum absolute atomic E-state index is 13.4. The van der Waals surface area contributed by atoms with E-state index in [9.17, 15) is 14.0 Å². The molecule has 0 atom stereocenters. The minimum atomic E-state index is -1.20. The zero-order valence-corrected chi connectivity index (χ0v) is 12.5. The molecule has 2 N–H and O–H groups in total. The van der Waals surface area contributed by atoms with Crippen molar-refractivity contribution >= 4 is 44.8 Å². The molecular weight excluding hydrogens is 351 g/mol. The van der Waals surface area contributed by atoms with Crippen molar-refractivity contribution in [2.75, 3.05) is 5.32 Å². The molecule has 0 aliphatic carbocycles. The minimum Gasteiger partial charge on any atom is -0.476 e. The third-order valence-electron chi connectivity index (χ3n) is 2.43. The number of halogens is 2. The molecule has 20 heavy (non-hydrogen) atoms. The average molecular weight is 359 g/mol. The maximum Gasteiger partial charge on any atom is 0.355 e. The minimum absolute atomic E-state index is 0.00475. The number of carboxylic acids is 1. The number of carbonyl (C=O) groups is 2. The van der Waals surface area contributed by atoms with Crippen LogP contribution in [0, 0.1) is 12.7 Å². The summed E-state index contributed by atoms with van der Waals surface area (Å²) in [5.41, 5.74) is 0.781. The van der Waals surface area contributed by atoms with Crippen molar-refractivity contribution in [1.29, 1.82) is 0 Å². The van der Waals surface area contributed by atoms with Gasteiger partial charge in [-0.2, -0.15) is 0 Å². The van der Waals surface area contributed by atoms with E-state index in [1.54, 1.807) is 6.92 Å². The molecular formula is C12H8BrFN2O3S. The number of hydrogen-bond acceptors (Lipinski definition) is 4. The summed E-state index contributed by atoms with van der Waals surface area (Å²) in [6.45, 7) is 1.71. The van der Waals surface area contributed by atoms with Crippen molar-refractivity contribution in [3.63, 3.8) is 0 Å². The molecule has 0 unspecified atom stereocenters. The Hall–Kier alpha value is -1.80. The van der Waals surface area contributed by atoms with Gasteiger partial charge in [0.2, 0.25) is 0 Å². The number of aromatic nitrogens is 1. The molecule has 0 aliphatic rings. The number of benzene rings is 1. The molecule has 5 nitrogen and oxygen atoms in total. The number of nitrogens with zero attached hydrogens (tertiary/aromatic N) is 1. The number of aromatic carboxylic acids is 1. The molecule has 104 valence electrons. The number of carboxylic acid groups (broad SMARTS) is 1. The lowest BCUT2D eigenvalue weighted by atomic mass is 10.2. The predicted molar refractivity (Wildman–Crippen MR) is 75.9 cm³/mol. The van der Waals surface area contributed by atoms with Gasteiger partial charge in [-0.1, -0.05) is 0 Å². The fraction of sp³-hybridized carbons (Fsp3) is 0.0833. The van der Waals surface area contributed by atoms with Crippen LogP contribution in [0.1, 0.15) is 25.9 Å². The second kappa shape index (κ2) is 5.68. The lowest BCUT2D eigenvalue weighted by Crippen LogP contribution is -2.13. The summed E-state index contributed by atoms with van der Waals surface area (Å²) in [5.74, 6) is -2.28. The van der Waals surface area contributed by atoms with Crippen LogP contribution in [0.5, 0.6) is 0 Å². The van der Waals surface area contributed by atoms with Crippen LogP contribution in [0.4, 0.5) is 10.1 Å². The maximum atomic E-state index is 13.4. The largest absolute Gasteiger partial charge is 0.476 e. The summed E-state index contributed by atoms with van der Waals surface area (Å²) in [6, 6.07) is 2.72. The lowest BCUT2D eigenvalue weighted by Gasteiger charge is -2.08. The number of thiazole rings is 1. The van der Waals surface area contributed by atoms with Crippen LogP contribution in [-0.2, 0) is 0 Å². The summed E-state index contributed by atoms with van der Waals surface area (Å²) in [5, 5.41) is 12.5. The Morgan fingerprint density at radius 1 is 1.45 bits per heavy atom. The van der Waals surface area contributed by atoms with E-state index in [4.69, 9.17) is 5.11 Å². The van der Waals surface area contributed by atoms with Gasteiger partial charge in [0, 0.05) is 11.1 Å². The van der Waals surface area contributed by atoms with Gasteiger partial charge in [0.1, 0.15) is 5.82 Å². The van der Waals surface area contributed by atoms with Crippen molar-refractivity contribution in [3.05, 3.63) is 44.1 Å². The topological polar surface area (TPSA) is 79.3 Å². The number of hydrogen-bond donors (Lipinski definition) is 2. The monoisotopic (exact) mass is 358 g/mol. The van der Waals surface area contributed by atoms with Gasteiger partial charge in [0.15, 0.2) is 10.7 Å². The first-order valence-corrected chi connectivity index (χ1v) is 7.01. The Morgan fingerprint density at radius 2 is 2.15 bits per heavy atom. The number of rotatable bonds is 3. The quantitative estimate of drug-likeness (QED) is 0.881. The molecule has 0 spiro atoms. The Bertz CT molecular complexity index is 702. The van der Waals surface area contributed by atoms with Gasteiger partial charge in [0.05, 0.1) is 4.47 Å². The first-order valence-electron chi connectivity index (χ1n) is 5.34. The molecule has 1 heterocycles. The van der Waals surface area contributed by atoms with Crippen LogP contribution in [-0.4, -0.2) is 22.0 Å². The molecule has 0 saturated carbocycles. The fourth-order valence-corrected chi connectivity index (χ4v) is 2.58. The number of carbonyl (C=O) groups excluding carboxylic acids is 1. The van der Waals surface area contributed by atoms with Crippen molar-refractivity contribution < 1.29 is 19.1 Å². The van der Waals surface area contributed by atoms with Crippen molar-refractivity contribution in [2.24, 2.45) is 0 Å². The Balaban J connectivity index is 2.23. The number of aryl methyl sites for hydroxylation is 1. The Morgan fingerprint density at radius 3 is 2.75 bits per heavy atom. The summed E-state index contributed by atoms with van der Waals surface area (Å²) < 4.78 is 13.7. The van der Waals surface area contributed by atoms with Crippen LogP contribution in [0.2, 0.25) is 0 Å². The zero-order chi connectivity index (χ0) is 14.9. The summed E-state index contributed by atoms with van der Waals surface area (Å²) in [6.07, 6.45) is 0. The van der Waals surface area contributed by atoms with Gasteiger partial charge in [-0.15, -0.1) is 11.3 Å². The fourth-order valence-electron chi connectivity index (χ4n) is 1.43. The van der Waals surface area contributed by atoms with E-state index in [1.165, 1.54) is 17.5 Å². The summed E-state index contributed by atoms with van der Waals surface area (Å²) in [4.78, 5) is 26.3. The van der Waals surface area contributed by atoms with Gasteiger partial charge >= 0.3 is 5.97 Å². The van der Waals surface area contributed by atoms with Crippen LogP contribution < -0.4 is 5.32 Å². The van der Waals surface area contributed by atoms with Crippen LogP contribution in [0.3, 0.4) is 0 Å². The third-order valence-corrected chi connectivity index (χ3v) is 3.88. The molecule has 0 radical (unpaired) electrons. The van der Waals surface area contributed by atoms with Crippen molar-refractivity contribution in [1.82, 2.24) is 4.98 Å². The summed E-state index contributed by atoms with van der Waals surface area (Å²) in [7, 11) is 0. The smallest absolute Gasteiger partial charge is 0.355 e. The molecule has 0 bridgehead atoms. The number of nitrogens with one attached hydrogen (secondary N) is 1. The predicted octanol–water partition coefficient (Wildman–Crippen LogP) is 3.30. The molecule has 0 fully saturated rings. The molecule has 2 aromatic rings. The molecule has 0 aliphatic heterocycles. The van der Waals surface area contributed by atoms with Crippen LogP contribution in [0.15, 0.2) is 22.0 Å². The van der Waals surface area contributed by atoms with Crippen LogP contribution >= 0.6 is 27.3 Å². The highest BCUT2D eigenvalue weighted by molar-refractivity contribution is 9.10. The molecule has 1 aromatic heterocycles. The molecule has 0 saturated heterocycles. The van der Waals surface area contributed by atoms with Crippen molar-refractivity contribution in [2.45, 2.75) is 6.92 Å². The highest BCUT2D eigenvalue weighted by atomic mass is 79.9. The van der Waals surface area contributed by atoms with E-state index in [2.05, 4.69) is 26.2 Å². The average Bonchev–Trinajstić information content (AvgIpc) is 2.85. The molecule has 2 rings (SSSR count). The zero-order valence-electron chi connectivity index (χ0n) is 10.1. The van der Waals surface area contributed by atoms with E-state index in [-0.39, 0.29) is 10.7 Å². The highest BCUT2D eigenvalue weighted by Gasteiger charge is 2.16. The van der Waals surface area contributed by atoms with E-state index >= 15 is 0 Å². The standard InChI is InChI=1S/C12H8BrFN2O3S/c1-5-2-6(13)7(14)3-8(5)15-10(17)11-16-9(4-20-11)12(18)19/h2-4H,1H3,(H,15,17)(H,18,19). The Labute approximate surface area is 125 Å². The molecule has 1 amide bonds. The summed E-state index contributed by atoms with van der Waals surface area (Å²) >= 11 is 3.96. The highest BCUT2D eigenvalue weighted by Crippen LogP contribution is 2.24. The van der Waals surface area contributed by atoms with Gasteiger partial charge in [-0.3, -0.25) is 4.79 Å². The Kier molecular flexibility index (Phi) is 4.15. The number of anilines is 1. The van der Waals surface area contributed by atoms with E-state index in [0.717, 1.165) is 11.3 Å². The molecule has 8 heteroatoms. The van der Waals surface area contributed by atoms with Gasteiger partial charge < -0.3 is 10.4 Å². The van der Waals surface area contributed by atoms with E-state index in [1.807, 2.05) is 0 Å². The lowest BCUT2D eigenvalue weighted by molar-refractivity contribution is 0.0691. The second-order valence-electron chi connectivity index (χ2n) is 3.88. The van der Waals surface area contributed by atoms with Gasteiger partial charge in [-0.05, 0) is 40.5 Å².